The van der Waals surface area contributed by atoms with Crippen LogP contribution in [0.2, 0.25) is 0 Å². The van der Waals surface area contributed by atoms with Gasteiger partial charge >= 0.3 is 11.7 Å². The lowest BCUT2D eigenvalue weighted by Gasteiger charge is -2.09. The molecular formula is C12H11NO6. The molecule has 0 radical (unpaired) electrons. The highest BCUT2D eigenvalue weighted by atomic mass is 16.5. The minimum Gasteiger partial charge on any atom is -0.507 e. The Labute approximate surface area is 107 Å². The Bertz CT molecular complexity index is 718. The van der Waals surface area contributed by atoms with E-state index in [2.05, 4.69) is 0 Å². The summed E-state index contributed by atoms with van der Waals surface area (Å²) in [6.45, 7) is 1.57. The van der Waals surface area contributed by atoms with E-state index >= 15 is 0 Å². The van der Waals surface area contributed by atoms with E-state index in [0.717, 1.165) is 0 Å². The van der Waals surface area contributed by atoms with E-state index in [9.17, 15) is 14.7 Å². The Balaban J connectivity index is 2.81. The molecule has 7 heteroatoms. The number of phenols is 1. The van der Waals surface area contributed by atoms with Crippen molar-refractivity contribution in [2.45, 2.75) is 6.92 Å². The van der Waals surface area contributed by atoms with Crippen LogP contribution in [-0.4, -0.2) is 23.4 Å². The molecule has 0 saturated heterocycles. The number of carboxylic acid groups (broad SMARTS) is 1. The molecule has 0 unspecified atom stereocenters. The predicted octanol–water partition coefficient (Wildman–Crippen LogP) is 1.91. The molecule has 0 bridgehead atoms. The van der Waals surface area contributed by atoms with Crippen LogP contribution in [0.4, 0.5) is 10.5 Å². The van der Waals surface area contributed by atoms with Crippen LogP contribution in [0.15, 0.2) is 21.3 Å². The van der Waals surface area contributed by atoms with Crippen LogP contribution in [0.3, 0.4) is 0 Å². The number of aryl methyl sites for hydroxylation is 1. The molecule has 0 fully saturated rings. The molecule has 1 amide bonds. The number of fused-ring (bicyclic) bond motifs is 1. The molecule has 2 aromatic rings. The zero-order chi connectivity index (χ0) is 14.2. The minimum absolute atomic E-state index is 0.0774. The minimum atomic E-state index is -1.37. The molecule has 7 nitrogen and oxygen atoms in total. The third-order valence-corrected chi connectivity index (χ3v) is 2.67. The van der Waals surface area contributed by atoms with Gasteiger partial charge in [0, 0.05) is 11.6 Å². The standard InChI is InChI=1S/C12H11NO6/c1-5-8(14)4-9(18-2)6-3-7(13-12(16)17)11(15)19-10(5)6/h3-4,13-14H,1-2H3,(H,16,17). The van der Waals surface area contributed by atoms with Crippen LogP contribution in [0.1, 0.15) is 5.56 Å². The SMILES string of the molecule is COc1cc(O)c(C)c2oc(=O)c(NC(=O)O)cc12. The van der Waals surface area contributed by atoms with Crippen LogP contribution < -0.4 is 15.7 Å². The van der Waals surface area contributed by atoms with E-state index in [1.807, 2.05) is 5.32 Å². The van der Waals surface area contributed by atoms with Gasteiger partial charge < -0.3 is 19.4 Å². The first-order valence-corrected chi connectivity index (χ1v) is 5.28. The summed E-state index contributed by atoms with van der Waals surface area (Å²) in [6, 6.07) is 2.67. The van der Waals surface area contributed by atoms with Crippen molar-refractivity contribution >= 4 is 22.7 Å². The molecule has 0 spiro atoms. The summed E-state index contributed by atoms with van der Waals surface area (Å²) in [5.74, 6) is 0.196. The lowest BCUT2D eigenvalue weighted by Crippen LogP contribution is -2.15. The maximum atomic E-state index is 11.6. The number of benzene rings is 1. The number of rotatable bonds is 2. The van der Waals surface area contributed by atoms with Gasteiger partial charge in [0.05, 0.1) is 12.5 Å². The number of nitrogens with one attached hydrogen (secondary N) is 1. The lowest BCUT2D eigenvalue weighted by atomic mass is 10.1. The van der Waals surface area contributed by atoms with Crippen LogP contribution in [0.5, 0.6) is 11.5 Å². The number of ether oxygens (including phenoxy) is 1. The fourth-order valence-electron chi connectivity index (χ4n) is 1.73. The lowest BCUT2D eigenvalue weighted by molar-refractivity contribution is 0.209. The summed E-state index contributed by atoms with van der Waals surface area (Å²) in [4.78, 5) is 22.2. The normalized spacial score (nSPS) is 10.4. The number of hydrogen-bond acceptors (Lipinski definition) is 5. The van der Waals surface area contributed by atoms with Gasteiger partial charge in [-0.1, -0.05) is 0 Å². The van der Waals surface area contributed by atoms with Gasteiger partial charge in [-0.2, -0.15) is 0 Å². The third kappa shape index (κ3) is 2.17. The maximum absolute atomic E-state index is 11.6. The largest absolute Gasteiger partial charge is 0.507 e. The average Bonchev–Trinajstić information content (AvgIpc) is 2.35. The van der Waals surface area contributed by atoms with Gasteiger partial charge in [-0.05, 0) is 13.0 Å². The van der Waals surface area contributed by atoms with Gasteiger partial charge in [0.1, 0.15) is 22.8 Å². The summed E-state index contributed by atoms with van der Waals surface area (Å²) in [7, 11) is 1.39. The van der Waals surface area contributed by atoms with E-state index in [1.165, 1.54) is 19.2 Å². The molecule has 0 aliphatic carbocycles. The van der Waals surface area contributed by atoms with E-state index in [0.29, 0.717) is 10.9 Å². The van der Waals surface area contributed by atoms with Gasteiger partial charge in [-0.3, -0.25) is 5.32 Å². The number of aromatic hydroxyl groups is 1. The number of hydrogen-bond donors (Lipinski definition) is 3. The van der Waals surface area contributed by atoms with Crippen molar-refractivity contribution in [3.8, 4) is 11.5 Å². The number of amides is 1. The van der Waals surface area contributed by atoms with Gasteiger partial charge in [0.25, 0.3) is 0 Å². The van der Waals surface area contributed by atoms with E-state index in [1.54, 1.807) is 6.92 Å². The molecule has 0 aliphatic heterocycles. The second-order valence-corrected chi connectivity index (χ2v) is 3.84. The molecule has 0 saturated carbocycles. The molecular weight excluding hydrogens is 254 g/mol. The molecule has 1 aromatic heterocycles. The number of phenolic OH excluding ortho intramolecular Hbond substituents is 1. The summed E-state index contributed by atoms with van der Waals surface area (Å²) in [5, 5.41) is 20.6. The Morgan fingerprint density at radius 3 is 2.68 bits per heavy atom. The van der Waals surface area contributed by atoms with Crippen molar-refractivity contribution in [3.05, 3.63) is 28.1 Å². The summed E-state index contributed by atoms with van der Waals surface area (Å²) in [5.41, 5.74) is -0.540. The Kier molecular flexibility index (Phi) is 3.04. The van der Waals surface area contributed by atoms with Crippen molar-refractivity contribution in [1.29, 1.82) is 0 Å². The maximum Gasteiger partial charge on any atom is 0.409 e. The molecule has 0 aliphatic rings. The highest BCUT2D eigenvalue weighted by Gasteiger charge is 2.15. The topological polar surface area (TPSA) is 109 Å². The quantitative estimate of drug-likeness (QED) is 0.715. The Morgan fingerprint density at radius 1 is 1.42 bits per heavy atom. The van der Waals surface area contributed by atoms with E-state index in [4.69, 9.17) is 14.3 Å². The third-order valence-electron chi connectivity index (χ3n) is 2.67. The Hall–Kier alpha value is -2.70. The molecule has 1 heterocycles. The first kappa shape index (κ1) is 12.7. The van der Waals surface area contributed by atoms with Gasteiger partial charge in [-0.25, -0.2) is 9.59 Å². The van der Waals surface area contributed by atoms with Gasteiger partial charge in [-0.15, -0.1) is 0 Å². The van der Waals surface area contributed by atoms with Crippen LogP contribution in [0.25, 0.3) is 11.0 Å². The summed E-state index contributed by atoms with van der Waals surface area (Å²) >= 11 is 0. The first-order valence-electron chi connectivity index (χ1n) is 5.28. The molecule has 100 valence electrons. The summed E-state index contributed by atoms with van der Waals surface area (Å²) < 4.78 is 10.1. The number of anilines is 1. The summed E-state index contributed by atoms with van der Waals surface area (Å²) in [6.07, 6.45) is -1.37. The average molecular weight is 265 g/mol. The number of methoxy groups -OCH3 is 1. The van der Waals surface area contributed by atoms with Gasteiger partial charge in [0.15, 0.2) is 0 Å². The highest BCUT2D eigenvalue weighted by Crippen LogP contribution is 2.34. The van der Waals surface area contributed by atoms with Gasteiger partial charge in [0.2, 0.25) is 0 Å². The molecule has 19 heavy (non-hydrogen) atoms. The second kappa shape index (κ2) is 4.52. The molecule has 1 aromatic carbocycles. The zero-order valence-corrected chi connectivity index (χ0v) is 10.2. The number of carbonyl (C=O) groups is 1. The van der Waals surface area contributed by atoms with Crippen molar-refractivity contribution in [3.63, 3.8) is 0 Å². The zero-order valence-electron chi connectivity index (χ0n) is 10.2. The van der Waals surface area contributed by atoms with Crippen LogP contribution >= 0.6 is 0 Å². The fraction of sp³-hybridized carbons (Fsp3) is 0.167. The fourth-order valence-corrected chi connectivity index (χ4v) is 1.73. The predicted molar refractivity (Wildman–Crippen MR) is 67.1 cm³/mol. The van der Waals surface area contributed by atoms with Crippen molar-refractivity contribution < 1.29 is 24.2 Å². The van der Waals surface area contributed by atoms with Crippen LogP contribution in [-0.2, 0) is 0 Å². The Morgan fingerprint density at radius 2 is 2.11 bits per heavy atom. The van der Waals surface area contributed by atoms with Crippen molar-refractivity contribution in [2.75, 3.05) is 12.4 Å². The van der Waals surface area contributed by atoms with E-state index < -0.39 is 11.7 Å². The second-order valence-electron chi connectivity index (χ2n) is 3.84. The molecule has 2 rings (SSSR count). The monoisotopic (exact) mass is 265 g/mol. The highest BCUT2D eigenvalue weighted by molar-refractivity contribution is 5.92. The van der Waals surface area contributed by atoms with E-state index in [-0.39, 0.29) is 22.8 Å². The molecule has 3 N–H and O–H groups in total. The smallest absolute Gasteiger partial charge is 0.409 e. The first-order chi connectivity index (χ1) is 8.93. The molecule has 0 atom stereocenters. The van der Waals surface area contributed by atoms with Crippen molar-refractivity contribution in [2.24, 2.45) is 0 Å². The van der Waals surface area contributed by atoms with Crippen LogP contribution in [0, 0.1) is 6.92 Å². The van der Waals surface area contributed by atoms with Crippen molar-refractivity contribution in [1.82, 2.24) is 0 Å².